The Bertz CT molecular complexity index is 548. The highest BCUT2D eigenvalue weighted by Crippen LogP contribution is 2.18. The van der Waals surface area contributed by atoms with E-state index in [0.29, 0.717) is 18.7 Å². The lowest BCUT2D eigenvalue weighted by Crippen LogP contribution is -2.05. The Morgan fingerprint density at radius 2 is 2.11 bits per heavy atom. The van der Waals surface area contributed by atoms with E-state index >= 15 is 0 Å². The Kier molecular flexibility index (Phi) is 3.99. The zero-order chi connectivity index (χ0) is 13.0. The molecule has 0 saturated carbocycles. The van der Waals surface area contributed by atoms with Crippen LogP contribution in [0.1, 0.15) is 5.56 Å². The molecule has 5 heteroatoms. The molecule has 2 aromatic rings. The summed E-state index contributed by atoms with van der Waals surface area (Å²) in [4.78, 5) is 3.77. The number of hydrogen-bond donors (Lipinski definition) is 1. The molecule has 94 valence electrons. The topological polar surface area (TPSA) is 48.1 Å². The summed E-state index contributed by atoms with van der Waals surface area (Å²) < 4.78 is 18.6. The predicted molar refractivity (Wildman–Crippen MR) is 69.3 cm³/mol. The van der Waals surface area contributed by atoms with E-state index in [1.54, 1.807) is 0 Å². The maximum Gasteiger partial charge on any atom is 0.250 e. The number of benzene rings is 1. The van der Waals surface area contributed by atoms with Gasteiger partial charge >= 0.3 is 0 Å². The molecule has 0 saturated heterocycles. The molecule has 0 aliphatic heterocycles. The molecule has 3 nitrogen and oxygen atoms in total. The second-order valence-electron chi connectivity index (χ2n) is 3.74. The molecule has 0 aliphatic carbocycles. The Morgan fingerprint density at radius 1 is 1.33 bits per heavy atom. The van der Waals surface area contributed by atoms with Crippen LogP contribution < -0.4 is 10.5 Å². The van der Waals surface area contributed by atoms with Gasteiger partial charge in [-0.1, -0.05) is 29.8 Å². The summed E-state index contributed by atoms with van der Waals surface area (Å²) in [5.41, 5.74) is 7.45. The van der Waals surface area contributed by atoms with Gasteiger partial charge in [-0.2, -0.15) is 0 Å². The van der Waals surface area contributed by atoms with Gasteiger partial charge in [-0.3, -0.25) is 0 Å². The summed E-state index contributed by atoms with van der Waals surface area (Å²) in [6, 6.07) is 8.65. The molecule has 18 heavy (non-hydrogen) atoms. The molecule has 1 aromatic carbocycles. The molecular weight excluding hydrogens is 255 g/mol. The van der Waals surface area contributed by atoms with Gasteiger partial charge in [-0.05, 0) is 17.7 Å². The second-order valence-corrected chi connectivity index (χ2v) is 4.17. The molecule has 2 rings (SSSR count). The van der Waals surface area contributed by atoms with Gasteiger partial charge in [0.15, 0.2) is 5.82 Å². The highest BCUT2D eigenvalue weighted by molar-refractivity contribution is 6.30. The van der Waals surface area contributed by atoms with Gasteiger partial charge in [-0.15, -0.1) is 0 Å². The van der Waals surface area contributed by atoms with Crippen molar-refractivity contribution in [1.82, 2.24) is 4.98 Å². The van der Waals surface area contributed by atoms with Gasteiger partial charge in [0.25, 0.3) is 0 Å². The number of hydrogen-bond acceptors (Lipinski definition) is 3. The molecule has 0 unspecified atom stereocenters. The number of rotatable bonds is 4. The lowest BCUT2D eigenvalue weighted by molar-refractivity contribution is 0.292. The lowest BCUT2D eigenvalue weighted by atomic mass is 10.1. The molecule has 1 heterocycles. The van der Waals surface area contributed by atoms with E-state index in [4.69, 9.17) is 22.1 Å². The Hall–Kier alpha value is -1.81. The summed E-state index contributed by atoms with van der Waals surface area (Å²) in [6.45, 7) is 0.305. The number of nitrogens with two attached hydrogens (primary N) is 1. The van der Waals surface area contributed by atoms with Crippen molar-refractivity contribution in [3.05, 3.63) is 52.9 Å². The van der Waals surface area contributed by atoms with E-state index < -0.39 is 5.82 Å². The van der Waals surface area contributed by atoms with E-state index in [2.05, 4.69) is 4.98 Å². The largest absolute Gasteiger partial charge is 0.475 e. The molecular formula is C13H12ClFN2O. The third-order valence-corrected chi connectivity index (χ3v) is 2.65. The number of aromatic nitrogens is 1. The van der Waals surface area contributed by atoms with Gasteiger partial charge < -0.3 is 10.5 Å². The number of ether oxygens (including phenoxy) is 1. The molecule has 2 N–H and O–H groups in total. The van der Waals surface area contributed by atoms with E-state index in [0.717, 1.165) is 5.56 Å². The van der Waals surface area contributed by atoms with Crippen molar-refractivity contribution < 1.29 is 9.13 Å². The van der Waals surface area contributed by atoms with Crippen LogP contribution in [0.5, 0.6) is 5.88 Å². The lowest BCUT2D eigenvalue weighted by Gasteiger charge is -2.07. The van der Waals surface area contributed by atoms with Gasteiger partial charge in [0.1, 0.15) is 0 Å². The molecule has 0 spiro atoms. The number of anilines is 1. The highest BCUT2D eigenvalue weighted by atomic mass is 35.5. The van der Waals surface area contributed by atoms with Crippen LogP contribution in [0.25, 0.3) is 0 Å². The zero-order valence-electron chi connectivity index (χ0n) is 9.57. The average Bonchev–Trinajstić information content (AvgIpc) is 2.34. The summed E-state index contributed by atoms with van der Waals surface area (Å²) in [7, 11) is 0. The van der Waals surface area contributed by atoms with Crippen LogP contribution in [0.4, 0.5) is 10.1 Å². The minimum atomic E-state index is -0.566. The molecule has 0 amide bonds. The van der Waals surface area contributed by atoms with Gasteiger partial charge in [0, 0.05) is 18.3 Å². The molecule has 0 radical (unpaired) electrons. The van der Waals surface area contributed by atoms with Crippen LogP contribution in [0.2, 0.25) is 5.02 Å². The average molecular weight is 267 g/mol. The van der Waals surface area contributed by atoms with Gasteiger partial charge in [0.2, 0.25) is 5.88 Å². The smallest absolute Gasteiger partial charge is 0.250 e. The number of para-hydroxylation sites is 1. The van der Waals surface area contributed by atoms with Crippen molar-refractivity contribution in [3.63, 3.8) is 0 Å². The van der Waals surface area contributed by atoms with Crippen molar-refractivity contribution in [2.75, 3.05) is 12.3 Å². The van der Waals surface area contributed by atoms with Gasteiger partial charge in [-0.25, -0.2) is 9.37 Å². The third kappa shape index (κ3) is 3.11. The molecule has 0 atom stereocenters. The van der Waals surface area contributed by atoms with E-state index in [1.165, 1.54) is 12.3 Å². The number of halogens is 2. The fraction of sp³-hybridized carbons (Fsp3) is 0.154. The van der Waals surface area contributed by atoms with Crippen LogP contribution in [0.3, 0.4) is 0 Å². The molecule has 0 aliphatic rings. The minimum absolute atomic E-state index is 0.0473. The first kappa shape index (κ1) is 12.6. The number of pyridine rings is 1. The molecule has 1 aromatic heterocycles. The maximum absolute atomic E-state index is 13.4. The predicted octanol–water partition coefficient (Wildman–Crippen LogP) is 3.08. The minimum Gasteiger partial charge on any atom is -0.475 e. The standard InChI is InChI=1S/C13H12ClFN2O/c14-10-7-11(15)13(17-8-10)18-6-5-9-3-1-2-4-12(9)16/h1-4,7-8H,5-6,16H2. The highest BCUT2D eigenvalue weighted by Gasteiger charge is 2.06. The SMILES string of the molecule is Nc1ccccc1CCOc1ncc(Cl)cc1F. The number of nitrogens with zero attached hydrogens (tertiary/aromatic N) is 1. The van der Waals surface area contributed by atoms with Crippen LogP contribution in [-0.2, 0) is 6.42 Å². The number of nitrogen functional groups attached to an aromatic ring is 1. The summed E-state index contributed by atoms with van der Waals surface area (Å²) in [5.74, 6) is -0.613. The Labute approximate surface area is 109 Å². The normalized spacial score (nSPS) is 10.3. The van der Waals surface area contributed by atoms with Crippen molar-refractivity contribution in [3.8, 4) is 5.88 Å². The quantitative estimate of drug-likeness (QED) is 0.865. The maximum atomic E-state index is 13.4. The van der Waals surface area contributed by atoms with Crippen molar-refractivity contribution in [2.24, 2.45) is 0 Å². The summed E-state index contributed by atoms with van der Waals surface area (Å²) >= 11 is 5.59. The van der Waals surface area contributed by atoms with Crippen LogP contribution in [-0.4, -0.2) is 11.6 Å². The van der Waals surface area contributed by atoms with E-state index in [9.17, 15) is 4.39 Å². The molecule has 0 bridgehead atoms. The summed E-state index contributed by atoms with van der Waals surface area (Å²) in [5, 5.41) is 0.243. The second kappa shape index (κ2) is 5.69. The fourth-order valence-electron chi connectivity index (χ4n) is 1.53. The van der Waals surface area contributed by atoms with Crippen molar-refractivity contribution >= 4 is 17.3 Å². The van der Waals surface area contributed by atoms with E-state index in [1.807, 2.05) is 24.3 Å². The van der Waals surface area contributed by atoms with Gasteiger partial charge in [0.05, 0.1) is 11.6 Å². The Morgan fingerprint density at radius 3 is 2.83 bits per heavy atom. The monoisotopic (exact) mass is 266 g/mol. The van der Waals surface area contributed by atoms with Crippen LogP contribution in [0, 0.1) is 5.82 Å². The summed E-state index contributed by atoms with van der Waals surface area (Å²) in [6.07, 6.45) is 1.94. The van der Waals surface area contributed by atoms with E-state index in [-0.39, 0.29) is 10.9 Å². The van der Waals surface area contributed by atoms with Crippen molar-refractivity contribution in [1.29, 1.82) is 0 Å². The first-order valence-electron chi connectivity index (χ1n) is 5.44. The first-order valence-corrected chi connectivity index (χ1v) is 5.82. The fourth-order valence-corrected chi connectivity index (χ4v) is 1.67. The van der Waals surface area contributed by atoms with Crippen molar-refractivity contribution in [2.45, 2.75) is 6.42 Å². The zero-order valence-corrected chi connectivity index (χ0v) is 10.3. The third-order valence-electron chi connectivity index (χ3n) is 2.44. The molecule has 0 fully saturated rings. The first-order chi connectivity index (χ1) is 8.66. The van der Waals surface area contributed by atoms with Crippen LogP contribution >= 0.6 is 11.6 Å². The Balaban J connectivity index is 1.95. The van der Waals surface area contributed by atoms with Crippen LogP contribution in [0.15, 0.2) is 36.5 Å².